The fourth-order valence-electron chi connectivity index (χ4n) is 4.24. The van der Waals surface area contributed by atoms with Crippen LogP contribution in [0.5, 0.6) is 0 Å². The summed E-state index contributed by atoms with van der Waals surface area (Å²) in [7, 11) is 0. The van der Waals surface area contributed by atoms with Crippen molar-refractivity contribution in [2.45, 2.75) is 33.1 Å². The molecule has 0 atom stereocenters. The first-order chi connectivity index (χ1) is 13.9. The lowest BCUT2D eigenvalue weighted by atomic mass is 9.94. The summed E-state index contributed by atoms with van der Waals surface area (Å²) in [6.07, 6.45) is 3.22. The highest BCUT2D eigenvalue weighted by molar-refractivity contribution is 6.32. The summed E-state index contributed by atoms with van der Waals surface area (Å²) in [4.78, 5) is 28.2. The molecule has 0 radical (unpaired) electrons. The van der Waals surface area contributed by atoms with Crippen LogP contribution in [-0.2, 0) is 4.74 Å². The predicted octanol–water partition coefficient (Wildman–Crippen LogP) is 4.52. The van der Waals surface area contributed by atoms with Crippen LogP contribution in [0.4, 0.5) is 5.69 Å². The number of carbonyl (C=O) groups excluding carboxylic acids is 1. The van der Waals surface area contributed by atoms with E-state index in [1.54, 1.807) is 25.1 Å². The molecule has 1 saturated heterocycles. The summed E-state index contributed by atoms with van der Waals surface area (Å²) < 4.78 is 5.94. The van der Waals surface area contributed by atoms with Crippen LogP contribution in [0, 0.1) is 6.92 Å². The van der Waals surface area contributed by atoms with Gasteiger partial charge in [-0.15, -0.1) is 4.73 Å². The molecule has 1 aromatic heterocycles. The molecule has 0 aliphatic carbocycles. The predicted molar refractivity (Wildman–Crippen MR) is 115 cm³/mol. The average molecular weight is 415 g/mol. The minimum absolute atomic E-state index is 0.226. The Hall–Kier alpha value is -2.73. The largest absolute Gasteiger partial charge is 0.462 e. The van der Waals surface area contributed by atoms with Gasteiger partial charge in [-0.3, -0.25) is 4.79 Å². The van der Waals surface area contributed by atoms with E-state index in [1.807, 2.05) is 13.0 Å². The number of piperidine rings is 1. The van der Waals surface area contributed by atoms with Gasteiger partial charge in [0.1, 0.15) is 0 Å². The third-order valence-corrected chi connectivity index (χ3v) is 5.78. The number of rotatable bonds is 3. The number of aryl methyl sites for hydroxylation is 1. The molecule has 2 aromatic carbocycles. The molecule has 0 amide bonds. The van der Waals surface area contributed by atoms with E-state index in [2.05, 4.69) is 4.90 Å². The maximum Gasteiger partial charge on any atom is 0.339 e. The number of anilines is 1. The van der Waals surface area contributed by atoms with Gasteiger partial charge >= 0.3 is 5.97 Å². The highest BCUT2D eigenvalue weighted by Crippen LogP contribution is 2.37. The number of pyridine rings is 1. The Balaban J connectivity index is 2.20. The van der Waals surface area contributed by atoms with E-state index in [9.17, 15) is 14.8 Å². The van der Waals surface area contributed by atoms with Crippen LogP contribution in [0.3, 0.4) is 0 Å². The van der Waals surface area contributed by atoms with Gasteiger partial charge in [-0.05, 0) is 62.9 Å². The number of aromatic nitrogens is 1. The third kappa shape index (κ3) is 3.21. The highest BCUT2D eigenvalue weighted by Gasteiger charge is 2.26. The lowest BCUT2D eigenvalue weighted by Crippen LogP contribution is -2.32. The van der Waals surface area contributed by atoms with Gasteiger partial charge in [0.2, 0.25) is 0 Å². The molecule has 2 heterocycles. The molecule has 0 unspecified atom stereocenters. The molecule has 0 saturated carbocycles. The maximum absolute atomic E-state index is 13.2. The molecule has 0 bridgehead atoms. The van der Waals surface area contributed by atoms with Gasteiger partial charge < -0.3 is 14.8 Å². The summed E-state index contributed by atoms with van der Waals surface area (Å²) in [6.45, 7) is 5.47. The summed E-state index contributed by atoms with van der Waals surface area (Å²) in [5, 5.41) is 12.4. The smallest absolute Gasteiger partial charge is 0.339 e. The Labute approximate surface area is 173 Å². The number of nitrogens with zero attached hydrogens (tertiary/aromatic N) is 2. The SMILES string of the molecule is CCOC(=O)c1c(C)cc(N2CCCCC2)c2c(=O)n(O)c3ccc(Cl)cc3c12. The lowest BCUT2D eigenvalue weighted by molar-refractivity contribution is 0.0528. The number of benzene rings is 2. The van der Waals surface area contributed by atoms with E-state index in [4.69, 9.17) is 16.3 Å². The molecular formula is C22H23ClN2O4. The zero-order chi connectivity index (χ0) is 20.7. The van der Waals surface area contributed by atoms with Crippen molar-refractivity contribution in [3.05, 3.63) is 50.8 Å². The number of hydrogen-bond acceptors (Lipinski definition) is 5. The van der Waals surface area contributed by atoms with Crippen molar-refractivity contribution in [1.29, 1.82) is 0 Å². The zero-order valence-corrected chi connectivity index (χ0v) is 17.3. The molecule has 0 spiro atoms. The molecule has 6 nitrogen and oxygen atoms in total. The first kappa shape index (κ1) is 19.6. The van der Waals surface area contributed by atoms with Gasteiger partial charge in [0.05, 0.1) is 28.8 Å². The van der Waals surface area contributed by atoms with Crippen LogP contribution in [0.15, 0.2) is 29.1 Å². The fourth-order valence-corrected chi connectivity index (χ4v) is 4.42. The van der Waals surface area contributed by atoms with E-state index in [0.29, 0.717) is 37.0 Å². The minimum atomic E-state index is -0.555. The van der Waals surface area contributed by atoms with Crippen LogP contribution >= 0.6 is 11.6 Å². The third-order valence-electron chi connectivity index (χ3n) is 5.54. The van der Waals surface area contributed by atoms with Crippen LogP contribution < -0.4 is 10.5 Å². The van der Waals surface area contributed by atoms with Crippen molar-refractivity contribution in [2.24, 2.45) is 0 Å². The Morgan fingerprint density at radius 3 is 2.59 bits per heavy atom. The molecule has 1 aliphatic heterocycles. The Kier molecular flexibility index (Phi) is 5.13. The van der Waals surface area contributed by atoms with Gasteiger partial charge in [0.15, 0.2) is 0 Å². The number of fused-ring (bicyclic) bond motifs is 3. The van der Waals surface area contributed by atoms with Crippen LogP contribution in [0.2, 0.25) is 5.02 Å². The molecule has 1 aliphatic rings. The second-order valence-electron chi connectivity index (χ2n) is 7.38. The Morgan fingerprint density at radius 2 is 1.90 bits per heavy atom. The summed E-state index contributed by atoms with van der Waals surface area (Å²) in [6, 6.07) is 6.72. The first-order valence-electron chi connectivity index (χ1n) is 9.87. The molecule has 4 rings (SSSR count). The van der Waals surface area contributed by atoms with E-state index in [1.165, 1.54) is 0 Å². The van der Waals surface area contributed by atoms with Crippen molar-refractivity contribution in [3.8, 4) is 0 Å². The van der Waals surface area contributed by atoms with Gasteiger partial charge in [0, 0.05) is 28.9 Å². The Bertz CT molecular complexity index is 1180. The van der Waals surface area contributed by atoms with Crippen molar-refractivity contribution in [1.82, 2.24) is 4.73 Å². The van der Waals surface area contributed by atoms with E-state index in [-0.39, 0.29) is 6.61 Å². The maximum atomic E-state index is 13.2. The van der Waals surface area contributed by atoms with Crippen LogP contribution in [0.25, 0.3) is 21.7 Å². The lowest BCUT2D eigenvalue weighted by Gasteiger charge is -2.30. The van der Waals surface area contributed by atoms with Crippen LogP contribution in [0.1, 0.15) is 42.1 Å². The van der Waals surface area contributed by atoms with Crippen molar-refractivity contribution >= 4 is 44.9 Å². The number of ether oxygens (including phenoxy) is 1. The standard InChI is InChI=1S/C22H23ClN2O4/c1-3-29-22(27)18-13(2)11-17(24-9-5-4-6-10-24)20-19(18)15-12-14(23)7-8-16(15)25(28)21(20)26/h7-8,11-12,28H,3-6,9-10H2,1-2H3. The van der Waals surface area contributed by atoms with Crippen molar-refractivity contribution in [2.75, 3.05) is 24.6 Å². The quantitative estimate of drug-likeness (QED) is 0.387. The number of halogens is 1. The summed E-state index contributed by atoms with van der Waals surface area (Å²) in [5.74, 6) is -0.489. The molecule has 3 aromatic rings. The van der Waals surface area contributed by atoms with Crippen LogP contribution in [-0.4, -0.2) is 35.6 Å². The zero-order valence-electron chi connectivity index (χ0n) is 16.5. The van der Waals surface area contributed by atoms with E-state index >= 15 is 0 Å². The summed E-state index contributed by atoms with van der Waals surface area (Å²) >= 11 is 6.24. The van der Waals surface area contributed by atoms with E-state index in [0.717, 1.165) is 43.6 Å². The van der Waals surface area contributed by atoms with Crippen molar-refractivity contribution in [3.63, 3.8) is 0 Å². The van der Waals surface area contributed by atoms with Crippen molar-refractivity contribution < 1.29 is 14.7 Å². The second kappa shape index (κ2) is 7.59. The van der Waals surface area contributed by atoms with Gasteiger partial charge in [-0.2, -0.15) is 0 Å². The monoisotopic (exact) mass is 414 g/mol. The minimum Gasteiger partial charge on any atom is -0.462 e. The fraction of sp³-hybridized carbons (Fsp3) is 0.364. The molecule has 29 heavy (non-hydrogen) atoms. The summed E-state index contributed by atoms with van der Waals surface area (Å²) in [5.41, 5.74) is 1.55. The number of carbonyl (C=O) groups is 1. The number of esters is 1. The highest BCUT2D eigenvalue weighted by atomic mass is 35.5. The second-order valence-corrected chi connectivity index (χ2v) is 7.82. The Morgan fingerprint density at radius 1 is 1.17 bits per heavy atom. The van der Waals surface area contributed by atoms with Gasteiger partial charge in [-0.1, -0.05) is 11.6 Å². The van der Waals surface area contributed by atoms with Gasteiger partial charge in [0.25, 0.3) is 5.56 Å². The molecule has 1 N–H and O–H groups in total. The van der Waals surface area contributed by atoms with E-state index < -0.39 is 11.5 Å². The molecule has 1 fully saturated rings. The normalized spacial score (nSPS) is 14.5. The first-order valence-corrected chi connectivity index (χ1v) is 10.2. The van der Waals surface area contributed by atoms with Gasteiger partial charge in [-0.25, -0.2) is 4.79 Å². The average Bonchev–Trinajstić information content (AvgIpc) is 2.71. The number of hydrogen-bond donors (Lipinski definition) is 1. The molecule has 152 valence electrons. The molecule has 7 heteroatoms. The molecular weight excluding hydrogens is 392 g/mol. The topological polar surface area (TPSA) is 71.8 Å².